The summed E-state index contributed by atoms with van der Waals surface area (Å²) in [7, 11) is 0. The summed E-state index contributed by atoms with van der Waals surface area (Å²) < 4.78 is 26.1. The van der Waals surface area contributed by atoms with E-state index in [0.717, 1.165) is 136 Å². The number of para-hydroxylation sites is 2. The topological polar surface area (TPSA) is 63.2 Å². The van der Waals surface area contributed by atoms with Crippen LogP contribution in [0.1, 0.15) is 48.1 Å². The lowest BCUT2D eigenvalue weighted by molar-refractivity contribution is 0.217. The molecular weight excluding hydrogens is 1040 g/mol. The molecule has 0 aliphatic heterocycles. The molecule has 0 saturated heterocycles. The van der Waals surface area contributed by atoms with Gasteiger partial charge in [-0.1, -0.05) is 122 Å². The lowest BCUT2D eigenvalue weighted by atomic mass is 9.99. The van der Waals surface area contributed by atoms with Crippen LogP contribution in [0.2, 0.25) is 0 Å². The van der Waals surface area contributed by atoms with E-state index in [9.17, 15) is 0 Å². The van der Waals surface area contributed by atoms with Crippen molar-refractivity contribution in [3.05, 3.63) is 259 Å². The first-order valence-corrected chi connectivity index (χ1v) is 29.6. The van der Waals surface area contributed by atoms with Gasteiger partial charge in [-0.15, -0.1) is 0 Å². The van der Waals surface area contributed by atoms with Crippen LogP contribution in [0.4, 0.5) is 0 Å². The van der Waals surface area contributed by atoms with Crippen molar-refractivity contribution in [2.75, 3.05) is 0 Å². The number of aryl methyl sites for hydroxylation is 5. The molecule has 7 nitrogen and oxygen atoms in total. The second-order valence-corrected chi connectivity index (χ2v) is 23.2. The Balaban J connectivity index is 0.699. The molecule has 0 aliphatic rings. The third-order valence-corrected chi connectivity index (χ3v) is 17.7. The van der Waals surface area contributed by atoms with Crippen LogP contribution in [0, 0.1) is 20.8 Å². The van der Waals surface area contributed by atoms with Gasteiger partial charge < -0.3 is 22.7 Å². The van der Waals surface area contributed by atoms with Crippen molar-refractivity contribution in [3.8, 4) is 56.5 Å². The predicted octanol–water partition coefficient (Wildman–Crippen LogP) is 20.8. The van der Waals surface area contributed by atoms with E-state index in [1.807, 2.05) is 18.3 Å². The highest BCUT2D eigenvalue weighted by Crippen LogP contribution is 2.42. The number of hydrogen-bond donors (Lipinski definition) is 0. The zero-order valence-corrected chi connectivity index (χ0v) is 48.2. The molecule has 0 bridgehead atoms. The Kier molecular flexibility index (Phi) is 11.8. The normalized spacial score (nSPS) is 12.4. The minimum Gasteiger partial charge on any atom is -0.491 e. The Labute approximate surface area is 492 Å². The predicted molar refractivity (Wildman–Crippen MR) is 352 cm³/mol. The summed E-state index contributed by atoms with van der Waals surface area (Å²) in [6.07, 6.45) is 6.89. The summed E-state index contributed by atoms with van der Waals surface area (Å²) in [6, 6.07) is 79.8. The Hall–Kier alpha value is -10.4. The van der Waals surface area contributed by atoms with Gasteiger partial charge in [-0.3, -0.25) is 4.57 Å². The summed E-state index contributed by atoms with van der Waals surface area (Å²) in [6.45, 7) is 10.8. The van der Waals surface area contributed by atoms with Crippen LogP contribution in [-0.4, -0.2) is 24.8 Å². The molecule has 5 heterocycles. The van der Waals surface area contributed by atoms with E-state index in [1.165, 1.54) is 55.0 Å². The van der Waals surface area contributed by atoms with E-state index in [2.05, 4.69) is 261 Å². The molecule has 5 aromatic heterocycles. The highest BCUT2D eigenvalue weighted by molar-refractivity contribution is 6.13. The molecule has 16 rings (SSSR count). The number of imidazole rings is 1. The fourth-order valence-corrected chi connectivity index (χ4v) is 13.5. The minimum absolute atomic E-state index is 0.136. The minimum atomic E-state index is 0.136. The van der Waals surface area contributed by atoms with Crippen LogP contribution in [0.25, 0.3) is 138 Å². The van der Waals surface area contributed by atoms with Gasteiger partial charge in [-0.05, 0) is 201 Å². The van der Waals surface area contributed by atoms with Crippen molar-refractivity contribution in [1.82, 2.24) is 18.7 Å². The molecule has 1 atom stereocenters. The molecule has 16 aromatic rings. The maximum atomic E-state index is 6.48. The number of nitrogens with zero attached hydrogens (tertiary/aromatic N) is 4. The van der Waals surface area contributed by atoms with E-state index in [0.29, 0.717) is 0 Å². The van der Waals surface area contributed by atoms with Crippen LogP contribution >= 0.6 is 0 Å². The molecule has 0 amide bonds. The molecule has 410 valence electrons. The lowest BCUT2D eigenvalue weighted by Gasteiger charge is -2.15. The van der Waals surface area contributed by atoms with Gasteiger partial charge in [-0.2, -0.15) is 0 Å². The first-order chi connectivity index (χ1) is 41.7. The van der Waals surface area contributed by atoms with Crippen molar-refractivity contribution in [1.29, 1.82) is 0 Å². The summed E-state index contributed by atoms with van der Waals surface area (Å²) in [4.78, 5) is 4.80. The molecule has 0 aliphatic carbocycles. The number of benzene rings is 11. The molecule has 85 heavy (non-hydrogen) atoms. The quantitative estimate of drug-likeness (QED) is 0.122. The molecule has 7 heteroatoms. The molecular formula is C78H60N4O3. The maximum Gasteiger partial charge on any atom is 0.144 e. The largest absolute Gasteiger partial charge is 0.491 e. The number of aromatic nitrogens is 4. The number of hydrogen-bond acceptors (Lipinski definition) is 4. The number of furan rings is 2. The van der Waals surface area contributed by atoms with Crippen molar-refractivity contribution in [2.24, 2.45) is 0 Å². The van der Waals surface area contributed by atoms with Crippen LogP contribution in [0.5, 0.6) is 5.75 Å². The Morgan fingerprint density at radius 1 is 0.424 bits per heavy atom. The fraction of sp³-hybridized carbons (Fsp3) is 0.115. The highest BCUT2D eigenvalue weighted by atomic mass is 16.5. The second kappa shape index (κ2) is 19.9. The number of rotatable bonds is 12. The summed E-state index contributed by atoms with van der Waals surface area (Å²) in [5, 5.41) is 9.24. The number of fused-ring (bicyclic) bond motifs is 12. The number of ether oxygens (including phenoxy) is 1. The Morgan fingerprint density at radius 2 is 0.894 bits per heavy atom. The smallest absolute Gasteiger partial charge is 0.144 e. The Morgan fingerprint density at radius 3 is 1.48 bits per heavy atom. The van der Waals surface area contributed by atoms with Crippen molar-refractivity contribution < 1.29 is 13.6 Å². The van der Waals surface area contributed by atoms with Crippen molar-refractivity contribution in [3.63, 3.8) is 0 Å². The maximum absolute atomic E-state index is 6.48. The van der Waals surface area contributed by atoms with Gasteiger partial charge in [0.2, 0.25) is 0 Å². The summed E-state index contributed by atoms with van der Waals surface area (Å²) >= 11 is 0. The zero-order valence-electron chi connectivity index (χ0n) is 48.2. The van der Waals surface area contributed by atoms with Gasteiger partial charge in [0.15, 0.2) is 0 Å². The van der Waals surface area contributed by atoms with Crippen LogP contribution in [-0.2, 0) is 12.8 Å². The molecule has 0 spiro atoms. The standard InChI is InChI=1S/C78H60N4O3/c1-6-50(5)83-60-29-35-76-68(46-60)67-44-57(28-34-75(67)85-76)55-26-31-72-64(42-55)62-15-8-10-17-70(62)82(72)59-13-11-12-58(45-59)81-69-16-9-7-14-61(69)63-41-54(25-30-71(63)81)56-27-33-74-66(43-56)65-40-52(22-32-73(65)84-74)19-18-51-20-23-53(24-21-51)78-79-36-37-80(78)77-48(3)38-47(2)39-49(77)4/h7-17,20-46,50H,6,18-19H2,1-5H3. The Bertz CT molecular complexity index is 5310. The van der Waals surface area contributed by atoms with E-state index in [-0.39, 0.29) is 6.10 Å². The van der Waals surface area contributed by atoms with Crippen molar-refractivity contribution >= 4 is 87.5 Å². The first kappa shape index (κ1) is 50.4. The van der Waals surface area contributed by atoms with Crippen LogP contribution < -0.4 is 4.74 Å². The van der Waals surface area contributed by atoms with Crippen molar-refractivity contribution in [2.45, 2.75) is 60.0 Å². The molecule has 11 aromatic carbocycles. The average Bonchev–Trinajstić information content (AvgIpc) is 3.64. The molecule has 0 saturated carbocycles. The van der Waals surface area contributed by atoms with Crippen LogP contribution in [0.15, 0.2) is 240 Å². The summed E-state index contributed by atoms with van der Waals surface area (Å²) in [5.41, 5.74) is 23.6. The van der Waals surface area contributed by atoms with Gasteiger partial charge in [0.05, 0.1) is 33.9 Å². The lowest BCUT2D eigenvalue weighted by Crippen LogP contribution is -2.09. The van der Waals surface area contributed by atoms with Gasteiger partial charge in [0.25, 0.3) is 0 Å². The van der Waals surface area contributed by atoms with Gasteiger partial charge in [0, 0.05) is 72.4 Å². The van der Waals surface area contributed by atoms with E-state index < -0.39 is 0 Å². The third kappa shape index (κ3) is 8.52. The average molecular weight is 1100 g/mol. The monoisotopic (exact) mass is 1100 g/mol. The molecule has 1 unspecified atom stereocenters. The van der Waals surface area contributed by atoms with E-state index in [4.69, 9.17) is 18.6 Å². The highest BCUT2D eigenvalue weighted by Gasteiger charge is 2.20. The van der Waals surface area contributed by atoms with E-state index >= 15 is 0 Å². The second-order valence-electron chi connectivity index (χ2n) is 23.2. The zero-order chi connectivity index (χ0) is 57.0. The van der Waals surface area contributed by atoms with Crippen LogP contribution in [0.3, 0.4) is 0 Å². The third-order valence-electron chi connectivity index (χ3n) is 17.7. The molecule has 0 radical (unpaired) electrons. The van der Waals surface area contributed by atoms with Gasteiger partial charge in [0.1, 0.15) is 33.9 Å². The first-order valence-electron chi connectivity index (χ1n) is 29.6. The summed E-state index contributed by atoms with van der Waals surface area (Å²) in [5.74, 6) is 1.82. The fourth-order valence-electron chi connectivity index (χ4n) is 13.5. The van der Waals surface area contributed by atoms with E-state index in [1.54, 1.807) is 0 Å². The van der Waals surface area contributed by atoms with Gasteiger partial charge >= 0.3 is 0 Å². The SMILES string of the molecule is CCC(C)Oc1ccc2oc3ccc(-c4ccc5c(c4)c4ccccc4n5-c4cccc(-n5c6ccccc6c6cc(-c7ccc8oc9ccc(CCc%10ccc(-c%11nccn%11-c%11c(C)cc(C)cc%11C)cc%10)cc9c8c7)ccc65)c4)cc3c2c1. The molecule has 0 fully saturated rings. The molecule has 0 N–H and O–H groups in total. The van der Waals surface area contributed by atoms with Gasteiger partial charge in [-0.25, -0.2) is 4.98 Å².